The van der Waals surface area contributed by atoms with Crippen LogP contribution < -0.4 is 11.5 Å². The molecule has 0 amide bonds. The molecular formula is C3H8I2N2. The van der Waals surface area contributed by atoms with Crippen molar-refractivity contribution < 1.29 is 0 Å². The molecule has 0 saturated carbocycles. The highest BCUT2D eigenvalue weighted by atomic mass is 127. The number of alkyl halides is 2. The summed E-state index contributed by atoms with van der Waals surface area (Å²) in [4.78, 5) is 0. The van der Waals surface area contributed by atoms with E-state index >= 15 is 0 Å². The van der Waals surface area contributed by atoms with Crippen LogP contribution in [0, 0.1) is 0 Å². The van der Waals surface area contributed by atoms with E-state index in [2.05, 4.69) is 45.2 Å². The van der Waals surface area contributed by atoms with Gasteiger partial charge in [0, 0.05) is 8.35 Å². The summed E-state index contributed by atoms with van der Waals surface area (Å²) in [5.74, 6) is 0. The van der Waals surface area contributed by atoms with Gasteiger partial charge in [0.2, 0.25) is 0 Å². The molecule has 0 saturated heterocycles. The number of halogens is 2. The zero-order valence-electron chi connectivity index (χ0n) is 3.77. The van der Waals surface area contributed by atoms with Gasteiger partial charge in [0.15, 0.2) is 0 Å². The number of hydrogen-bond donors (Lipinski definition) is 2. The third kappa shape index (κ3) is 3.92. The average Bonchev–Trinajstić information content (AvgIpc) is 1.65. The lowest BCUT2D eigenvalue weighted by atomic mass is 10.4. The van der Waals surface area contributed by atoms with E-state index in [1.54, 1.807) is 0 Å². The molecule has 44 valence electrons. The van der Waals surface area contributed by atoms with E-state index in [0.29, 0.717) is 3.92 Å². The molecule has 0 radical (unpaired) electrons. The van der Waals surface area contributed by atoms with E-state index in [1.807, 2.05) is 0 Å². The van der Waals surface area contributed by atoms with Crippen LogP contribution in [0.5, 0.6) is 0 Å². The highest BCUT2D eigenvalue weighted by Gasteiger charge is 2.05. The highest BCUT2D eigenvalue weighted by molar-refractivity contribution is 14.1. The van der Waals surface area contributed by atoms with Crippen LogP contribution in [0.15, 0.2) is 0 Å². The van der Waals surface area contributed by atoms with Crippen molar-refractivity contribution in [1.29, 1.82) is 0 Å². The maximum absolute atomic E-state index is 5.31. The van der Waals surface area contributed by atoms with Crippen molar-refractivity contribution >= 4 is 45.2 Å². The molecule has 1 unspecified atom stereocenters. The molecule has 1 atom stereocenters. The molecule has 0 aromatic carbocycles. The van der Waals surface area contributed by atoms with Crippen LogP contribution in [0.25, 0.3) is 0 Å². The second-order valence-electron chi connectivity index (χ2n) is 1.25. The summed E-state index contributed by atoms with van der Waals surface area (Å²) in [5.41, 5.74) is 10.6. The minimum Gasteiger partial charge on any atom is -0.315 e. The molecule has 0 spiro atoms. The fraction of sp³-hybridized carbons (Fsp3) is 1.00. The lowest BCUT2D eigenvalue weighted by Gasteiger charge is -2.08. The standard InChI is InChI=1S/C3H8I2N2/c4-1-2(5)3(6)7/h2-3H,1,6-7H2. The SMILES string of the molecule is NC(N)C(I)CI. The smallest absolute Gasteiger partial charge is 0.0649 e. The minimum absolute atomic E-state index is 0.155. The Bertz CT molecular complexity index is 48.2. The average molecular weight is 326 g/mol. The Hall–Kier alpha value is 1.38. The molecule has 0 aliphatic heterocycles. The van der Waals surface area contributed by atoms with Crippen LogP contribution in [0.1, 0.15) is 0 Å². The van der Waals surface area contributed by atoms with Gasteiger partial charge in [-0.05, 0) is 0 Å². The fourth-order valence-electron chi connectivity index (χ4n) is 0.103. The molecule has 0 aliphatic rings. The molecule has 0 heterocycles. The Morgan fingerprint density at radius 3 is 1.86 bits per heavy atom. The van der Waals surface area contributed by atoms with Crippen LogP contribution in [0.4, 0.5) is 0 Å². The van der Waals surface area contributed by atoms with E-state index in [-0.39, 0.29) is 6.17 Å². The Kier molecular flexibility index (Phi) is 5.12. The lowest BCUT2D eigenvalue weighted by Crippen LogP contribution is -2.39. The van der Waals surface area contributed by atoms with Crippen molar-refractivity contribution in [3.63, 3.8) is 0 Å². The van der Waals surface area contributed by atoms with Crippen molar-refractivity contribution in [2.45, 2.75) is 10.1 Å². The van der Waals surface area contributed by atoms with Crippen molar-refractivity contribution in [2.75, 3.05) is 4.43 Å². The van der Waals surface area contributed by atoms with E-state index in [1.165, 1.54) is 0 Å². The van der Waals surface area contributed by atoms with Gasteiger partial charge in [0.25, 0.3) is 0 Å². The molecule has 0 rings (SSSR count). The van der Waals surface area contributed by atoms with Gasteiger partial charge in [-0.3, -0.25) is 0 Å². The van der Waals surface area contributed by atoms with Gasteiger partial charge < -0.3 is 11.5 Å². The minimum atomic E-state index is -0.155. The highest BCUT2D eigenvalue weighted by Crippen LogP contribution is 2.04. The van der Waals surface area contributed by atoms with Gasteiger partial charge in [-0.2, -0.15) is 0 Å². The second kappa shape index (κ2) is 4.28. The molecule has 7 heavy (non-hydrogen) atoms. The summed E-state index contributed by atoms with van der Waals surface area (Å²) in [5, 5.41) is 0. The topological polar surface area (TPSA) is 52.0 Å². The van der Waals surface area contributed by atoms with Crippen molar-refractivity contribution in [2.24, 2.45) is 11.5 Å². The van der Waals surface area contributed by atoms with Gasteiger partial charge in [0.1, 0.15) is 0 Å². The van der Waals surface area contributed by atoms with Crippen LogP contribution >= 0.6 is 45.2 Å². The van der Waals surface area contributed by atoms with Crippen molar-refractivity contribution in [3.05, 3.63) is 0 Å². The molecule has 4 heteroatoms. The lowest BCUT2D eigenvalue weighted by molar-refractivity contribution is 0.726. The molecule has 2 nitrogen and oxygen atoms in total. The zero-order chi connectivity index (χ0) is 5.86. The quantitative estimate of drug-likeness (QED) is 0.440. The normalized spacial score (nSPS) is 15.0. The van der Waals surface area contributed by atoms with Crippen LogP contribution in [-0.4, -0.2) is 14.5 Å². The summed E-state index contributed by atoms with van der Waals surface area (Å²) >= 11 is 4.50. The van der Waals surface area contributed by atoms with Gasteiger partial charge >= 0.3 is 0 Å². The first-order valence-corrected chi connectivity index (χ1v) is 4.66. The first kappa shape index (κ1) is 8.38. The number of rotatable bonds is 2. The third-order valence-electron chi connectivity index (χ3n) is 0.565. The zero-order valence-corrected chi connectivity index (χ0v) is 8.09. The molecule has 4 N–H and O–H groups in total. The monoisotopic (exact) mass is 326 g/mol. The summed E-state index contributed by atoms with van der Waals surface area (Å²) in [6.07, 6.45) is -0.155. The second-order valence-corrected chi connectivity index (χ2v) is 3.73. The number of nitrogens with two attached hydrogens (primary N) is 2. The Morgan fingerprint density at radius 2 is 1.86 bits per heavy atom. The third-order valence-corrected chi connectivity index (χ3v) is 4.47. The molecule has 0 aromatic heterocycles. The van der Waals surface area contributed by atoms with Gasteiger partial charge in [-0.15, -0.1) is 0 Å². The summed E-state index contributed by atoms with van der Waals surface area (Å²) in [6.45, 7) is 0. The Balaban J connectivity index is 3.14. The van der Waals surface area contributed by atoms with Gasteiger partial charge in [0.05, 0.1) is 6.17 Å². The van der Waals surface area contributed by atoms with E-state index in [0.717, 1.165) is 4.43 Å². The maximum atomic E-state index is 5.31. The first-order chi connectivity index (χ1) is 3.18. The van der Waals surface area contributed by atoms with E-state index in [4.69, 9.17) is 11.5 Å². The van der Waals surface area contributed by atoms with Crippen LogP contribution in [-0.2, 0) is 0 Å². The predicted molar refractivity (Wildman–Crippen MR) is 48.9 cm³/mol. The van der Waals surface area contributed by atoms with E-state index < -0.39 is 0 Å². The van der Waals surface area contributed by atoms with E-state index in [9.17, 15) is 0 Å². The summed E-state index contributed by atoms with van der Waals surface area (Å²) in [6, 6.07) is 0. The Morgan fingerprint density at radius 1 is 1.43 bits per heavy atom. The Labute approximate surface area is 70.7 Å². The van der Waals surface area contributed by atoms with Gasteiger partial charge in [-0.1, -0.05) is 45.2 Å². The van der Waals surface area contributed by atoms with Crippen molar-refractivity contribution in [3.8, 4) is 0 Å². The predicted octanol–water partition coefficient (Wildman–Crippen LogP) is 0.469. The molecule has 0 aliphatic carbocycles. The summed E-state index contributed by atoms with van der Waals surface area (Å²) in [7, 11) is 0. The molecular weight excluding hydrogens is 318 g/mol. The maximum Gasteiger partial charge on any atom is 0.0649 e. The molecule has 0 aromatic rings. The molecule has 0 bridgehead atoms. The van der Waals surface area contributed by atoms with Crippen LogP contribution in [0.3, 0.4) is 0 Å². The first-order valence-electron chi connectivity index (χ1n) is 1.89. The van der Waals surface area contributed by atoms with Crippen molar-refractivity contribution in [1.82, 2.24) is 0 Å². The van der Waals surface area contributed by atoms with Crippen LogP contribution in [0.2, 0.25) is 0 Å². The fourth-order valence-corrected chi connectivity index (χ4v) is 0.690. The molecule has 0 fully saturated rings. The number of hydrogen-bond acceptors (Lipinski definition) is 2. The van der Waals surface area contributed by atoms with Gasteiger partial charge in [-0.25, -0.2) is 0 Å². The summed E-state index contributed by atoms with van der Waals surface area (Å²) < 4.78 is 1.44. The largest absolute Gasteiger partial charge is 0.315 e.